The van der Waals surface area contributed by atoms with E-state index in [0.29, 0.717) is 0 Å². The highest BCUT2D eigenvalue weighted by atomic mass is 16.4. The molecule has 0 spiro atoms. The van der Waals surface area contributed by atoms with E-state index in [1.54, 1.807) is 12.5 Å². The molecular formula is C11H19N3O2. The summed E-state index contributed by atoms with van der Waals surface area (Å²) in [5, 5.41) is 12.1. The van der Waals surface area contributed by atoms with Gasteiger partial charge in [0.15, 0.2) is 0 Å². The van der Waals surface area contributed by atoms with E-state index in [2.05, 4.69) is 10.3 Å². The lowest BCUT2D eigenvalue weighted by Gasteiger charge is -2.23. The van der Waals surface area contributed by atoms with Gasteiger partial charge in [0.2, 0.25) is 0 Å². The Bertz CT molecular complexity index is 322. The van der Waals surface area contributed by atoms with Crippen molar-refractivity contribution in [3.05, 3.63) is 18.7 Å². The topological polar surface area (TPSA) is 67.2 Å². The van der Waals surface area contributed by atoms with Gasteiger partial charge >= 0.3 is 5.97 Å². The Labute approximate surface area is 95.5 Å². The molecule has 1 aromatic rings. The molecule has 1 heterocycles. The maximum absolute atomic E-state index is 11.0. The van der Waals surface area contributed by atoms with Crippen LogP contribution < -0.4 is 5.32 Å². The fourth-order valence-corrected chi connectivity index (χ4v) is 1.62. The molecule has 2 N–H and O–H groups in total. The van der Waals surface area contributed by atoms with Crippen LogP contribution in [-0.2, 0) is 11.3 Å². The predicted octanol–water partition coefficient (Wildman–Crippen LogP) is 0.970. The summed E-state index contributed by atoms with van der Waals surface area (Å²) < 4.78 is 1.93. The summed E-state index contributed by atoms with van der Waals surface area (Å²) in [4.78, 5) is 14.9. The monoisotopic (exact) mass is 225 g/mol. The Morgan fingerprint density at radius 1 is 1.50 bits per heavy atom. The van der Waals surface area contributed by atoms with Crippen molar-refractivity contribution in [3.63, 3.8) is 0 Å². The molecule has 0 bridgehead atoms. The quantitative estimate of drug-likeness (QED) is 0.757. The highest BCUT2D eigenvalue weighted by Gasteiger charge is 2.22. The minimum Gasteiger partial charge on any atom is -0.480 e. The van der Waals surface area contributed by atoms with Crippen LogP contribution in [0, 0.1) is 5.92 Å². The van der Waals surface area contributed by atoms with Gasteiger partial charge in [0, 0.05) is 25.0 Å². The fraction of sp³-hybridized carbons (Fsp3) is 0.636. The lowest BCUT2D eigenvalue weighted by molar-refractivity contribution is -0.140. The summed E-state index contributed by atoms with van der Waals surface area (Å²) in [6, 6.07) is -0.406. The lowest BCUT2D eigenvalue weighted by atomic mass is 10.0. The number of hydrogen-bond donors (Lipinski definition) is 2. The van der Waals surface area contributed by atoms with Gasteiger partial charge in [0.1, 0.15) is 6.04 Å². The zero-order valence-corrected chi connectivity index (χ0v) is 9.92. The normalized spacial score (nSPS) is 15.0. The van der Waals surface area contributed by atoms with E-state index in [0.717, 1.165) is 6.54 Å². The number of carboxylic acid groups (broad SMARTS) is 1. The van der Waals surface area contributed by atoms with Crippen molar-refractivity contribution < 1.29 is 9.90 Å². The van der Waals surface area contributed by atoms with Crippen LogP contribution in [0.1, 0.15) is 20.8 Å². The second-order valence-corrected chi connectivity index (χ2v) is 4.39. The summed E-state index contributed by atoms with van der Waals surface area (Å²) in [5.41, 5.74) is 0. The molecule has 2 unspecified atom stereocenters. The number of nitrogens with zero attached hydrogens (tertiary/aromatic N) is 2. The Kier molecular flexibility index (Phi) is 4.49. The van der Waals surface area contributed by atoms with Gasteiger partial charge in [-0.2, -0.15) is 0 Å². The highest BCUT2D eigenvalue weighted by molar-refractivity contribution is 5.73. The van der Waals surface area contributed by atoms with Crippen molar-refractivity contribution >= 4 is 5.97 Å². The smallest absolute Gasteiger partial charge is 0.320 e. The van der Waals surface area contributed by atoms with E-state index in [-0.39, 0.29) is 12.0 Å². The first-order valence-corrected chi connectivity index (χ1v) is 5.45. The summed E-state index contributed by atoms with van der Waals surface area (Å²) in [7, 11) is 0. The number of aliphatic carboxylic acids is 1. The largest absolute Gasteiger partial charge is 0.480 e. The van der Waals surface area contributed by atoms with Crippen LogP contribution in [0.15, 0.2) is 18.7 Å². The molecule has 5 heteroatoms. The molecule has 0 aliphatic rings. The first-order chi connectivity index (χ1) is 7.50. The van der Waals surface area contributed by atoms with Crippen molar-refractivity contribution in [1.29, 1.82) is 0 Å². The van der Waals surface area contributed by atoms with Crippen LogP contribution >= 0.6 is 0 Å². The number of carboxylic acids is 1. The molecule has 1 rings (SSSR count). The molecule has 2 atom stereocenters. The molecule has 0 amide bonds. The van der Waals surface area contributed by atoms with Crippen molar-refractivity contribution in [2.75, 3.05) is 0 Å². The molecular weight excluding hydrogens is 206 g/mol. The van der Waals surface area contributed by atoms with E-state index in [1.807, 2.05) is 31.5 Å². The van der Waals surface area contributed by atoms with E-state index >= 15 is 0 Å². The maximum Gasteiger partial charge on any atom is 0.320 e. The third-order valence-corrected chi connectivity index (χ3v) is 2.44. The number of rotatable bonds is 6. The molecule has 0 saturated heterocycles. The minimum atomic E-state index is -0.799. The second kappa shape index (κ2) is 5.65. The summed E-state index contributed by atoms with van der Waals surface area (Å²) in [6.07, 6.45) is 5.30. The molecule has 0 saturated carbocycles. The van der Waals surface area contributed by atoms with Gasteiger partial charge in [0.05, 0.1) is 6.33 Å². The van der Waals surface area contributed by atoms with Gasteiger partial charge in [-0.05, 0) is 12.8 Å². The van der Waals surface area contributed by atoms with Crippen LogP contribution in [0.2, 0.25) is 0 Å². The third-order valence-electron chi connectivity index (χ3n) is 2.44. The SMILES string of the molecule is CC(Cn1ccnc1)NC(C(=O)O)C(C)C. The molecule has 5 nitrogen and oxygen atoms in total. The van der Waals surface area contributed by atoms with Crippen LogP contribution in [0.3, 0.4) is 0 Å². The molecule has 90 valence electrons. The molecule has 0 fully saturated rings. The van der Waals surface area contributed by atoms with Crippen LogP contribution in [0.4, 0.5) is 0 Å². The Balaban J connectivity index is 2.49. The zero-order chi connectivity index (χ0) is 12.1. The van der Waals surface area contributed by atoms with Gasteiger partial charge < -0.3 is 9.67 Å². The van der Waals surface area contributed by atoms with Gasteiger partial charge in [0.25, 0.3) is 0 Å². The van der Waals surface area contributed by atoms with E-state index in [1.165, 1.54) is 0 Å². The molecule has 0 aromatic carbocycles. The molecule has 0 aliphatic heterocycles. The fourth-order valence-electron chi connectivity index (χ4n) is 1.62. The number of aromatic nitrogens is 2. The third kappa shape index (κ3) is 3.66. The van der Waals surface area contributed by atoms with Gasteiger partial charge in [-0.25, -0.2) is 4.98 Å². The molecule has 16 heavy (non-hydrogen) atoms. The van der Waals surface area contributed by atoms with E-state index in [9.17, 15) is 4.79 Å². The van der Waals surface area contributed by atoms with E-state index in [4.69, 9.17) is 5.11 Å². The van der Waals surface area contributed by atoms with Crippen molar-refractivity contribution in [1.82, 2.24) is 14.9 Å². The average Bonchev–Trinajstić information content (AvgIpc) is 2.65. The lowest BCUT2D eigenvalue weighted by Crippen LogP contribution is -2.46. The number of carbonyl (C=O) groups is 1. The predicted molar refractivity (Wildman–Crippen MR) is 61.1 cm³/mol. The average molecular weight is 225 g/mol. The van der Waals surface area contributed by atoms with Crippen molar-refractivity contribution in [2.45, 2.75) is 39.4 Å². The summed E-state index contributed by atoms with van der Waals surface area (Å²) in [6.45, 7) is 6.49. The maximum atomic E-state index is 11.0. The highest BCUT2D eigenvalue weighted by Crippen LogP contribution is 2.04. The van der Waals surface area contributed by atoms with Crippen LogP contribution in [0.5, 0.6) is 0 Å². The molecule has 0 aliphatic carbocycles. The van der Waals surface area contributed by atoms with Crippen LogP contribution in [0.25, 0.3) is 0 Å². The van der Waals surface area contributed by atoms with Crippen molar-refractivity contribution in [2.24, 2.45) is 5.92 Å². The first kappa shape index (κ1) is 12.7. The zero-order valence-electron chi connectivity index (χ0n) is 9.92. The Morgan fingerprint density at radius 2 is 2.19 bits per heavy atom. The summed E-state index contributed by atoms with van der Waals surface area (Å²) in [5.74, 6) is -0.727. The number of imidazole rings is 1. The number of nitrogens with one attached hydrogen (secondary N) is 1. The standard InChI is InChI=1S/C11H19N3O2/c1-8(2)10(11(15)16)13-9(3)6-14-5-4-12-7-14/h4-5,7-10,13H,6H2,1-3H3,(H,15,16). The van der Waals surface area contributed by atoms with Gasteiger partial charge in [-0.15, -0.1) is 0 Å². The molecule has 1 aromatic heterocycles. The Morgan fingerprint density at radius 3 is 2.62 bits per heavy atom. The molecule has 0 radical (unpaired) electrons. The van der Waals surface area contributed by atoms with Crippen molar-refractivity contribution in [3.8, 4) is 0 Å². The van der Waals surface area contributed by atoms with Gasteiger partial charge in [-0.3, -0.25) is 10.1 Å². The van der Waals surface area contributed by atoms with Gasteiger partial charge in [-0.1, -0.05) is 13.8 Å². The minimum absolute atomic E-state index is 0.0720. The van der Waals surface area contributed by atoms with E-state index < -0.39 is 12.0 Å². The first-order valence-electron chi connectivity index (χ1n) is 5.45. The van der Waals surface area contributed by atoms with Crippen LogP contribution in [-0.4, -0.2) is 32.7 Å². The number of hydrogen-bond acceptors (Lipinski definition) is 3. The Hall–Kier alpha value is -1.36. The second-order valence-electron chi connectivity index (χ2n) is 4.39. The summed E-state index contributed by atoms with van der Waals surface area (Å²) >= 11 is 0.